The van der Waals surface area contributed by atoms with Gasteiger partial charge < -0.3 is 5.11 Å². The van der Waals surface area contributed by atoms with E-state index in [2.05, 4.69) is 15.9 Å². The lowest BCUT2D eigenvalue weighted by molar-refractivity contribution is -0.385. The minimum Gasteiger partial charge on any atom is -0.480 e. The van der Waals surface area contributed by atoms with Crippen LogP contribution in [0.3, 0.4) is 0 Å². The fourth-order valence-electron chi connectivity index (χ4n) is 1.35. The van der Waals surface area contributed by atoms with Gasteiger partial charge in [0.05, 0.1) is 10.7 Å². The average molecular weight is 366 g/mol. The third kappa shape index (κ3) is 3.15. The Balaban J connectivity index is 3.30. The van der Waals surface area contributed by atoms with Crippen LogP contribution in [-0.4, -0.2) is 29.2 Å². The highest BCUT2D eigenvalue weighted by Crippen LogP contribution is 2.29. The molecule has 0 atom stereocenters. The standard InChI is InChI=1S/C11H12BrNO6S/c1-11(2,10(14)15)20(18,19)6-7-3-4-8(12)5-9(7)13(16)17/h3-5H,6H2,1-2H3,(H,14,15). The van der Waals surface area contributed by atoms with Crippen molar-refractivity contribution in [2.45, 2.75) is 24.3 Å². The lowest BCUT2D eigenvalue weighted by Crippen LogP contribution is -2.41. The van der Waals surface area contributed by atoms with Crippen LogP contribution in [0, 0.1) is 10.1 Å². The molecule has 110 valence electrons. The Kier molecular flexibility index (Phi) is 4.55. The molecule has 0 aliphatic rings. The molecule has 1 aromatic carbocycles. The van der Waals surface area contributed by atoms with Crippen molar-refractivity contribution in [1.29, 1.82) is 0 Å². The molecule has 1 N–H and O–H groups in total. The van der Waals surface area contributed by atoms with E-state index in [1.54, 1.807) is 0 Å². The Labute approximate surface area is 123 Å². The summed E-state index contributed by atoms with van der Waals surface area (Å²) in [4.78, 5) is 21.2. The minimum atomic E-state index is -4.10. The van der Waals surface area contributed by atoms with E-state index in [-0.39, 0.29) is 11.3 Å². The van der Waals surface area contributed by atoms with Crippen molar-refractivity contribution < 1.29 is 23.2 Å². The summed E-state index contributed by atoms with van der Waals surface area (Å²) in [6, 6.07) is 3.93. The summed E-state index contributed by atoms with van der Waals surface area (Å²) >= 11 is 3.06. The van der Waals surface area contributed by atoms with Gasteiger partial charge in [-0.3, -0.25) is 14.9 Å². The maximum Gasteiger partial charge on any atom is 0.324 e. The van der Waals surface area contributed by atoms with Crippen LogP contribution in [-0.2, 0) is 20.4 Å². The van der Waals surface area contributed by atoms with Crippen molar-refractivity contribution in [3.8, 4) is 0 Å². The Morgan fingerprint density at radius 2 is 2.00 bits per heavy atom. The molecular formula is C11H12BrNO6S. The first-order valence-electron chi connectivity index (χ1n) is 5.37. The van der Waals surface area contributed by atoms with E-state index in [0.717, 1.165) is 13.8 Å². The minimum absolute atomic E-state index is 0.0486. The molecule has 0 aliphatic carbocycles. The van der Waals surface area contributed by atoms with Crippen molar-refractivity contribution in [3.63, 3.8) is 0 Å². The van der Waals surface area contributed by atoms with E-state index in [1.807, 2.05) is 0 Å². The van der Waals surface area contributed by atoms with Crippen molar-refractivity contribution in [1.82, 2.24) is 0 Å². The van der Waals surface area contributed by atoms with E-state index in [9.17, 15) is 23.3 Å². The molecule has 0 aromatic heterocycles. The zero-order valence-corrected chi connectivity index (χ0v) is 13.1. The number of nitro benzene ring substituents is 1. The number of benzene rings is 1. The van der Waals surface area contributed by atoms with Crippen LogP contribution in [0.25, 0.3) is 0 Å². The first kappa shape index (κ1) is 16.6. The topological polar surface area (TPSA) is 115 Å². The number of carboxylic acids is 1. The van der Waals surface area contributed by atoms with Gasteiger partial charge in [0.15, 0.2) is 14.6 Å². The molecule has 0 amide bonds. The highest BCUT2D eigenvalue weighted by atomic mass is 79.9. The maximum absolute atomic E-state index is 12.1. The number of nitro groups is 1. The molecule has 0 bridgehead atoms. The second kappa shape index (κ2) is 5.49. The Bertz CT molecular complexity index is 667. The van der Waals surface area contributed by atoms with Gasteiger partial charge in [0.2, 0.25) is 0 Å². The summed E-state index contributed by atoms with van der Waals surface area (Å²) in [7, 11) is -4.10. The third-order valence-corrected chi connectivity index (χ3v) is 5.80. The summed E-state index contributed by atoms with van der Waals surface area (Å²) in [6.07, 6.45) is 0. The predicted molar refractivity (Wildman–Crippen MR) is 75.1 cm³/mol. The summed E-state index contributed by atoms with van der Waals surface area (Å²) in [6.45, 7) is 2.10. The van der Waals surface area contributed by atoms with Gasteiger partial charge in [-0.2, -0.15) is 0 Å². The van der Waals surface area contributed by atoms with Gasteiger partial charge in [-0.05, 0) is 19.9 Å². The van der Waals surface area contributed by atoms with Crippen LogP contribution in [0.2, 0.25) is 0 Å². The van der Waals surface area contributed by atoms with Crippen molar-refractivity contribution >= 4 is 37.4 Å². The largest absolute Gasteiger partial charge is 0.480 e. The molecule has 9 heteroatoms. The number of carbonyl (C=O) groups is 1. The number of carboxylic acid groups (broad SMARTS) is 1. The Hall–Kier alpha value is -1.48. The number of rotatable bonds is 5. The number of hydrogen-bond donors (Lipinski definition) is 1. The normalized spacial score (nSPS) is 12.2. The van der Waals surface area contributed by atoms with Gasteiger partial charge in [-0.25, -0.2) is 8.42 Å². The fraction of sp³-hybridized carbons (Fsp3) is 0.364. The van der Waals surface area contributed by atoms with Crippen molar-refractivity contribution in [3.05, 3.63) is 38.3 Å². The molecule has 1 rings (SSSR count). The molecule has 20 heavy (non-hydrogen) atoms. The van der Waals surface area contributed by atoms with Crippen LogP contribution in [0.5, 0.6) is 0 Å². The first-order chi connectivity index (χ1) is 8.99. The monoisotopic (exact) mass is 365 g/mol. The van der Waals surface area contributed by atoms with E-state index in [1.165, 1.54) is 18.2 Å². The number of halogens is 1. The summed E-state index contributed by atoms with van der Waals surface area (Å²) in [5.74, 6) is -2.21. The number of aliphatic carboxylic acids is 1. The quantitative estimate of drug-likeness (QED) is 0.631. The second-order valence-corrected chi connectivity index (χ2v) is 8.06. The van der Waals surface area contributed by atoms with Gasteiger partial charge >= 0.3 is 5.97 Å². The van der Waals surface area contributed by atoms with Crippen LogP contribution in [0.4, 0.5) is 5.69 Å². The summed E-state index contributed by atoms with van der Waals surface area (Å²) in [5.41, 5.74) is -0.420. The molecule has 0 saturated heterocycles. The molecule has 0 spiro atoms. The zero-order chi connectivity index (χ0) is 15.7. The lowest BCUT2D eigenvalue weighted by atomic mass is 10.2. The molecule has 0 heterocycles. The van der Waals surface area contributed by atoms with Gasteiger partial charge in [-0.15, -0.1) is 0 Å². The maximum atomic E-state index is 12.1. The van der Waals surface area contributed by atoms with Crippen LogP contribution in [0.1, 0.15) is 19.4 Å². The highest BCUT2D eigenvalue weighted by Gasteiger charge is 2.42. The third-order valence-electron chi connectivity index (χ3n) is 2.88. The second-order valence-electron chi connectivity index (χ2n) is 4.60. The van der Waals surface area contributed by atoms with E-state index in [4.69, 9.17) is 5.11 Å². The highest BCUT2D eigenvalue weighted by molar-refractivity contribution is 9.10. The molecule has 0 radical (unpaired) electrons. The predicted octanol–water partition coefficient (Wildman–Crippen LogP) is 2.14. The SMILES string of the molecule is CC(C)(C(=O)O)S(=O)(=O)Cc1ccc(Br)cc1[N+](=O)[O-]. The van der Waals surface area contributed by atoms with Gasteiger partial charge in [0, 0.05) is 16.1 Å². The average Bonchev–Trinajstić information content (AvgIpc) is 2.30. The molecular weight excluding hydrogens is 354 g/mol. The van der Waals surface area contributed by atoms with Crippen LogP contribution < -0.4 is 0 Å². The molecule has 0 unspecified atom stereocenters. The molecule has 0 saturated carbocycles. The molecule has 7 nitrogen and oxygen atoms in total. The van der Waals surface area contributed by atoms with E-state index in [0.29, 0.717) is 4.47 Å². The van der Waals surface area contributed by atoms with Gasteiger partial charge in [0.25, 0.3) is 5.69 Å². The van der Waals surface area contributed by atoms with Gasteiger partial charge in [0.1, 0.15) is 0 Å². The van der Waals surface area contributed by atoms with E-state index >= 15 is 0 Å². The molecule has 0 fully saturated rings. The van der Waals surface area contributed by atoms with Crippen LogP contribution >= 0.6 is 15.9 Å². The summed E-state index contributed by atoms with van der Waals surface area (Å²) < 4.78 is 22.6. The molecule has 0 aliphatic heterocycles. The number of sulfone groups is 1. The van der Waals surface area contributed by atoms with Gasteiger partial charge in [-0.1, -0.05) is 22.0 Å². The van der Waals surface area contributed by atoms with Crippen molar-refractivity contribution in [2.75, 3.05) is 0 Å². The number of hydrogen-bond acceptors (Lipinski definition) is 5. The van der Waals surface area contributed by atoms with E-state index < -0.39 is 31.2 Å². The molecule has 1 aromatic rings. The Morgan fingerprint density at radius 1 is 1.45 bits per heavy atom. The van der Waals surface area contributed by atoms with Crippen molar-refractivity contribution in [2.24, 2.45) is 0 Å². The van der Waals surface area contributed by atoms with Crippen LogP contribution in [0.15, 0.2) is 22.7 Å². The lowest BCUT2D eigenvalue weighted by Gasteiger charge is -2.19. The smallest absolute Gasteiger partial charge is 0.324 e. The number of nitrogens with zero attached hydrogens (tertiary/aromatic N) is 1. The fourth-order valence-corrected chi connectivity index (χ4v) is 2.98. The zero-order valence-electron chi connectivity index (χ0n) is 10.7. The first-order valence-corrected chi connectivity index (χ1v) is 7.82. The summed E-state index contributed by atoms with van der Waals surface area (Å²) in [5, 5.41) is 19.9. The Morgan fingerprint density at radius 3 is 2.45 bits per heavy atom.